The predicted octanol–water partition coefficient (Wildman–Crippen LogP) is 1.43. The molecule has 0 radical (unpaired) electrons. The van der Waals surface area contributed by atoms with E-state index >= 15 is 0 Å². The van der Waals surface area contributed by atoms with Gasteiger partial charge in [-0.15, -0.1) is 0 Å². The molecule has 0 atom stereocenters. The van der Waals surface area contributed by atoms with Crippen molar-refractivity contribution in [3.63, 3.8) is 0 Å². The molecule has 0 saturated heterocycles. The summed E-state index contributed by atoms with van der Waals surface area (Å²) in [5.74, 6) is -0.487. The number of aromatic nitrogens is 1. The Hall–Kier alpha value is -1.01. The van der Waals surface area contributed by atoms with Crippen LogP contribution in [0, 0.1) is 11.2 Å². The lowest BCUT2D eigenvalue weighted by molar-refractivity contribution is 0.621. The van der Waals surface area contributed by atoms with Gasteiger partial charge in [0.05, 0.1) is 0 Å². The molecule has 0 amide bonds. The van der Waals surface area contributed by atoms with Gasteiger partial charge < -0.3 is 11.1 Å². The summed E-state index contributed by atoms with van der Waals surface area (Å²) in [5.41, 5.74) is 4.59. The maximum Gasteiger partial charge on any atom is 0.153 e. The van der Waals surface area contributed by atoms with Gasteiger partial charge in [0.15, 0.2) is 5.82 Å². The molecular weight excluding hydrogens is 239 g/mol. The molecule has 1 rings (SSSR count). The zero-order valence-electron chi connectivity index (χ0n) is 7.09. The highest BCUT2D eigenvalue weighted by Crippen LogP contribution is 2.17. The van der Waals surface area contributed by atoms with Crippen molar-refractivity contribution >= 4 is 28.9 Å². The van der Waals surface area contributed by atoms with Crippen LogP contribution in [0.2, 0.25) is 0 Å². The van der Waals surface area contributed by atoms with Gasteiger partial charge in [-0.25, -0.2) is 9.07 Å². The minimum Gasteiger partial charge on any atom is -0.333 e. The van der Waals surface area contributed by atoms with E-state index in [0.717, 1.165) is 6.21 Å². The first-order chi connectivity index (χ1) is 6.20. The third-order valence-corrected chi connectivity index (χ3v) is 1.76. The van der Waals surface area contributed by atoms with E-state index in [-0.39, 0.29) is 5.69 Å². The number of nitrogens with zero attached hydrogens (tertiary/aromatic N) is 2. The van der Waals surface area contributed by atoms with E-state index in [1.807, 2.05) is 0 Å². The molecule has 1 aromatic heterocycles. The van der Waals surface area contributed by atoms with Crippen LogP contribution in [-0.4, -0.2) is 24.7 Å². The lowest BCUT2D eigenvalue weighted by Crippen LogP contribution is -1.95. The first-order valence-corrected chi connectivity index (χ1v) is 4.12. The normalized spacial score (nSPS) is 8.62. The molecule has 0 aliphatic carbocycles. The molecule has 1 heterocycles. The number of halogens is 2. The predicted molar refractivity (Wildman–Crippen MR) is 55.0 cm³/mol. The SMILES string of the molecule is C=Nn1c(Br)cc(F)c1C=N.CN. The van der Waals surface area contributed by atoms with Crippen LogP contribution in [0.4, 0.5) is 4.39 Å². The van der Waals surface area contributed by atoms with E-state index in [1.54, 1.807) is 0 Å². The van der Waals surface area contributed by atoms with Crippen molar-refractivity contribution in [3.8, 4) is 0 Å². The molecule has 1 aromatic rings. The highest BCUT2D eigenvalue weighted by molar-refractivity contribution is 9.10. The van der Waals surface area contributed by atoms with E-state index in [2.05, 4.69) is 33.5 Å². The molecule has 3 N–H and O–H groups in total. The van der Waals surface area contributed by atoms with Gasteiger partial charge in [-0.2, -0.15) is 5.10 Å². The number of hydrogen-bond acceptors (Lipinski definition) is 3. The summed E-state index contributed by atoms with van der Waals surface area (Å²) >= 11 is 3.05. The van der Waals surface area contributed by atoms with Crippen molar-refractivity contribution in [2.24, 2.45) is 10.8 Å². The van der Waals surface area contributed by atoms with Crippen molar-refractivity contribution in [1.29, 1.82) is 5.41 Å². The highest BCUT2D eigenvalue weighted by atomic mass is 79.9. The van der Waals surface area contributed by atoms with E-state index in [4.69, 9.17) is 5.41 Å². The van der Waals surface area contributed by atoms with Crippen LogP contribution in [0.1, 0.15) is 5.69 Å². The van der Waals surface area contributed by atoms with Crippen molar-refractivity contribution in [2.75, 3.05) is 7.05 Å². The summed E-state index contributed by atoms with van der Waals surface area (Å²) in [6.07, 6.45) is 0.884. The minimum atomic E-state index is -0.487. The molecule has 0 aliphatic heterocycles. The Morgan fingerprint density at radius 3 is 2.62 bits per heavy atom. The molecule has 0 spiro atoms. The first-order valence-electron chi connectivity index (χ1n) is 3.32. The van der Waals surface area contributed by atoms with Crippen molar-refractivity contribution in [2.45, 2.75) is 0 Å². The Labute approximate surface area is 83.9 Å². The second-order valence-electron chi connectivity index (χ2n) is 1.80. The largest absolute Gasteiger partial charge is 0.333 e. The first kappa shape index (κ1) is 12.0. The summed E-state index contributed by atoms with van der Waals surface area (Å²) in [4.78, 5) is 0. The smallest absolute Gasteiger partial charge is 0.153 e. The van der Waals surface area contributed by atoms with Gasteiger partial charge in [-0.05, 0) is 23.0 Å². The average Bonchev–Trinajstić information content (AvgIpc) is 2.43. The number of hydrogen-bond donors (Lipinski definition) is 2. The second kappa shape index (κ2) is 5.60. The number of nitrogens with one attached hydrogen (secondary N) is 1. The lowest BCUT2D eigenvalue weighted by Gasteiger charge is -1.95. The molecule has 6 heteroatoms. The Kier molecular flexibility index (Phi) is 5.17. The van der Waals surface area contributed by atoms with E-state index < -0.39 is 5.82 Å². The molecule has 13 heavy (non-hydrogen) atoms. The van der Waals surface area contributed by atoms with Crippen molar-refractivity contribution < 1.29 is 4.39 Å². The van der Waals surface area contributed by atoms with E-state index in [9.17, 15) is 4.39 Å². The maximum atomic E-state index is 12.8. The third kappa shape index (κ3) is 2.46. The molecular formula is C7H10BrFN4. The fourth-order valence-corrected chi connectivity index (χ4v) is 1.23. The fourth-order valence-electron chi connectivity index (χ4n) is 0.730. The summed E-state index contributed by atoms with van der Waals surface area (Å²) in [5, 5.41) is 10.3. The van der Waals surface area contributed by atoms with E-state index in [0.29, 0.717) is 4.60 Å². The quantitative estimate of drug-likeness (QED) is 0.765. The molecule has 0 aromatic carbocycles. The standard InChI is InChI=1S/C6H5BrFN3.CH5N/c1-10-11-5(3-9)4(8)2-6(11)7;1-2/h2-3,9H,1H2;2H2,1H3. The molecule has 72 valence electrons. The van der Waals surface area contributed by atoms with Crippen LogP contribution in [0.25, 0.3) is 0 Å². The van der Waals surface area contributed by atoms with Crippen LogP contribution in [0.3, 0.4) is 0 Å². The van der Waals surface area contributed by atoms with Crippen LogP contribution in [0.15, 0.2) is 15.8 Å². The van der Waals surface area contributed by atoms with Crippen LogP contribution >= 0.6 is 15.9 Å². The third-order valence-electron chi connectivity index (χ3n) is 1.20. The Balaban J connectivity index is 0.000000671. The molecule has 0 saturated carbocycles. The monoisotopic (exact) mass is 248 g/mol. The maximum absolute atomic E-state index is 12.8. The molecule has 0 unspecified atom stereocenters. The lowest BCUT2D eigenvalue weighted by atomic mass is 10.4. The zero-order chi connectivity index (χ0) is 10.4. The summed E-state index contributed by atoms with van der Waals surface area (Å²) in [6.45, 7) is 3.23. The topological polar surface area (TPSA) is 67.2 Å². The van der Waals surface area contributed by atoms with Gasteiger partial charge in [-0.1, -0.05) is 0 Å². The van der Waals surface area contributed by atoms with Crippen LogP contribution in [-0.2, 0) is 0 Å². The average molecular weight is 249 g/mol. The molecule has 4 nitrogen and oxygen atoms in total. The molecule has 0 fully saturated rings. The summed E-state index contributed by atoms with van der Waals surface area (Å²) in [7, 11) is 1.50. The number of rotatable bonds is 2. The van der Waals surface area contributed by atoms with Crippen molar-refractivity contribution in [3.05, 3.63) is 22.2 Å². The molecule has 0 aliphatic rings. The van der Waals surface area contributed by atoms with Gasteiger partial charge in [0.2, 0.25) is 0 Å². The van der Waals surface area contributed by atoms with E-state index in [1.165, 1.54) is 17.8 Å². The summed E-state index contributed by atoms with van der Waals surface area (Å²) < 4.78 is 14.4. The van der Waals surface area contributed by atoms with Crippen molar-refractivity contribution in [1.82, 2.24) is 4.68 Å². The minimum absolute atomic E-state index is 0.0897. The number of nitrogens with two attached hydrogens (primary N) is 1. The van der Waals surface area contributed by atoms with Gasteiger partial charge in [0, 0.05) is 19.0 Å². The Morgan fingerprint density at radius 1 is 1.77 bits per heavy atom. The fraction of sp³-hybridized carbons (Fsp3) is 0.143. The molecule has 0 bridgehead atoms. The highest BCUT2D eigenvalue weighted by Gasteiger charge is 2.09. The van der Waals surface area contributed by atoms with Crippen LogP contribution in [0.5, 0.6) is 0 Å². The Morgan fingerprint density at radius 2 is 2.31 bits per heavy atom. The zero-order valence-corrected chi connectivity index (χ0v) is 8.68. The van der Waals surface area contributed by atoms with Gasteiger partial charge >= 0.3 is 0 Å². The second-order valence-corrected chi connectivity index (χ2v) is 2.61. The van der Waals surface area contributed by atoms with Gasteiger partial charge in [0.25, 0.3) is 0 Å². The van der Waals surface area contributed by atoms with Gasteiger partial charge in [-0.3, -0.25) is 0 Å². The van der Waals surface area contributed by atoms with Gasteiger partial charge in [0.1, 0.15) is 10.3 Å². The Bertz CT molecular complexity index is 279. The summed E-state index contributed by atoms with van der Waals surface area (Å²) in [6, 6.07) is 1.23. The van der Waals surface area contributed by atoms with Crippen LogP contribution < -0.4 is 5.73 Å².